The number of nitrogens with one attached hydrogen (secondary N) is 1. The van der Waals surface area contributed by atoms with E-state index in [9.17, 15) is 9.18 Å². The highest BCUT2D eigenvalue weighted by atomic mass is 19.1. The second-order valence-electron chi connectivity index (χ2n) is 6.82. The van der Waals surface area contributed by atoms with E-state index in [-0.39, 0.29) is 17.8 Å². The van der Waals surface area contributed by atoms with Gasteiger partial charge in [0.15, 0.2) is 0 Å². The van der Waals surface area contributed by atoms with E-state index in [0.717, 1.165) is 6.21 Å². The van der Waals surface area contributed by atoms with Crippen LogP contribution in [0.5, 0.6) is 0 Å². The smallest absolute Gasteiger partial charge is 0.248 e. The number of aryl methyl sites for hydroxylation is 1. The Bertz CT molecular complexity index is 1000. The lowest BCUT2D eigenvalue weighted by Gasteiger charge is -2.11. The van der Waals surface area contributed by atoms with Crippen molar-refractivity contribution in [3.05, 3.63) is 52.9 Å². The van der Waals surface area contributed by atoms with Crippen molar-refractivity contribution in [3.8, 4) is 11.8 Å². The molecule has 166 valence electrons. The Labute approximate surface area is 183 Å². The van der Waals surface area contributed by atoms with Gasteiger partial charge in [-0.1, -0.05) is 24.8 Å². The maximum Gasteiger partial charge on any atom is 0.248 e. The summed E-state index contributed by atoms with van der Waals surface area (Å²) in [4.78, 5) is 17.9. The number of carbonyl (C=O) groups excluding carboxylic acids is 1. The van der Waals surface area contributed by atoms with E-state index in [0.29, 0.717) is 34.7 Å². The van der Waals surface area contributed by atoms with E-state index >= 15 is 0 Å². The molecule has 0 saturated heterocycles. The molecule has 0 aliphatic heterocycles. The van der Waals surface area contributed by atoms with Gasteiger partial charge >= 0.3 is 0 Å². The van der Waals surface area contributed by atoms with Crippen molar-refractivity contribution in [1.82, 2.24) is 14.5 Å². The first kappa shape index (κ1) is 25.4. The minimum absolute atomic E-state index is 0.230. The fourth-order valence-corrected chi connectivity index (χ4v) is 2.78. The van der Waals surface area contributed by atoms with Gasteiger partial charge in [-0.2, -0.15) is 0 Å². The second kappa shape index (κ2) is 12.2. The molecule has 0 aromatic carbocycles. The van der Waals surface area contributed by atoms with Gasteiger partial charge in [0.2, 0.25) is 5.91 Å². The number of imidazole rings is 1. The summed E-state index contributed by atoms with van der Waals surface area (Å²) < 4.78 is 14.5. The number of hydrogen-bond donors (Lipinski definition) is 3. The quantitative estimate of drug-likeness (QED) is 0.244. The fraction of sp³-hybridized carbons (Fsp3) is 0.348. The van der Waals surface area contributed by atoms with Crippen LogP contribution in [0.25, 0.3) is 11.1 Å². The van der Waals surface area contributed by atoms with E-state index in [4.69, 9.17) is 16.9 Å². The molecule has 0 bridgehead atoms. The molecule has 0 spiro atoms. The normalized spacial score (nSPS) is 13.3. The van der Waals surface area contributed by atoms with Crippen molar-refractivity contribution < 1.29 is 9.18 Å². The summed E-state index contributed by atoms with van der Waals surface area (Å²) in [5.41, 5.74) is 14.3. The van der Waals surface area contributed by atoms with Crippen molar-refractivity contribution in [3.63, 3.8) is 0 Å². The number of hydrogen-bond acceptors (Lipinski definition) is 5. The summed E-state index contributed by atoms with van der Waals surface area (Å²) >= 11 is 0. The summed E-state index contributed by atoms with van der Waals surface area (Å²) in [7, 11) is 3.60. The first-order chi connectivity index (χ1) is 14.7. The van der Waals surface area contributed by atoms with Crippen LogP contribution in [-0.2, 0) is 11.8 Å². The highest BCUT2D eigenvalue weighted by Gasteiger charge is 2.15. The zero-order chi connectivity index (χ0) is 23.6. The van der Waals surface area contributed by atoms with Gasteiger partial charge in [0.05, 0.1) is 11.3 Å². The summed E-state index contributed by atoms with van der Waals surface area (Å²) in [6.45, 7) is 5.21. The maximum atomic E-state index is 12.7. The number of alkyl halides is 1. The molecule has 0 radical (unpaired) electrons. The van der Waals surface area contributed by atoms with Gasteiger partial charge < -0.3 is 26.3 Å². The van der Waals surface area contributed by atoms with Crippen LogP contribution in [0.2, 0.25) is 0 Å². The van der Waals surface area contributed by atoms with Crippen molar-refractivity contribution >= 4 is 23.3 Å². The van der Waals surface area contributed by atoms with Crippen molar-refractivity contribution in [2.24, 2.45) is 18.5 Å². The monoisotopic (exact) mass is 426 g/mol. The van der Waals surface area contributed by atoms with Gasteiger partial charge in [-0.05, 0) is 19.9 Å². The number of nitrogens with zero attached hydrogens (tertiary/aromatic N) is 3. The summed E-state index contributed by atoms with van der Waals surface area (Å²) in [6.07, 6.45) is 8.38. The number of halogens is 1. The Hall–Kier alpha value is -3.60. The number of primary amides is 1. The molecule has 0 atom stereocenters. The van der Waals surface area contributed by atoms with Crippen LogP contribution in [0.1, 0.15) is 38.7 Å². The highest BCUT2D eigenvalue weighted by Crippen LogP contribution is 2.23. The SMILES string of the molecule is CC=C(/C=C(N)\C(C=N)=C(/C)c1nc(/C(C#CCC)=C/N(C)CCF)cn1C)C(N)=O. The van der Waals surface area contributed by atoms with Gasteiger partial charge in [0, 0.05) is 68.1 Å². The third-order valence-corrected chi connectivity index (χ3v) is 4.44. The lowest BCUT2D eigenvalue weighted by molar-refractivity contribution is -0.114. The average Bonchev–Trinajstić information content (AvgIpc) is 3.11. The Kier molecular flexibility index (Phi) is 9.99. The number of aromatic nitrogens is 2. The molecule has 0 saturated carbocycles. The number of allylic oxidation sites excluding steroid dienone is 4. The van der Waals surface area contributed by atoms with E-state index in [2.05, 4.69) is 16.8 Å². The molecule has 0 unspecified atom stereocenters. The lowest BCUT2D eigenvalue weighted by atomic mass is 10.0. The zero-order valence-corrected chi connectivity index (χ0v) is 18.8. The van der Waals surface area contributed by atoms with Crippen LogP contribution in [0.3, 0.4) is 0 Å². The molecule has 1 aromatic heterocycles. The van der Waals surface area contributed by atoms with Gasteiger partial charge in [-0.3, -0.25) is 4.79 Å². The van der Waals surface area contributed by atoms with Crippen LogP contribution in [0.4, 0.5) is 4.39 Å². The molecule has 31 heavy (non-hydrogen) atoms. The zero-order valence-electron chi connectivity index (χ0n) is 18.8. The summed E-state index contributed by atoms with van der Waals surface area (Å²) in [6, 6.07) is 0. The van der Waals surface area contributed by atoms with Crippen molar-refractivity contribution in [1.29, 1.82) is 5.41 Å². The molecule has 0 aliphatic rings. The number of nitrogens with two attached hydrogens (primary N) is 2. The van der Waals surface area contributed by atoms with Crippen LogP contribution in [-0.4, -0.2) is 46.8 Å². The molecule has 1 heterocycles. The lowest BCUT2D eigenvalue weighted by Crippen LogP contribution is -2.15. The minimum atomic E-state index is -0.603. The molecular weight excluding hydrogens is 395 g/mol. The third-order valence-electron chi connectivity index (χ3n) is 4.44. The van der Waals surface area contributed by atoms with Crippen LogP contribution in [0, 0.1) is 17.3 Å². The molecule has 1 rings (SSSR count). The maximum absolute atomic E-state index is 12.7. The minimum Gasteiger partial charge on any atom is -0.398 e. The van der Waals surface area contributed by atoms with E-state index in [1.165, 1.54) is 6.08 Å². The number of amides is 1. The van der Waals surface area contributed by atoms with E-state index < -0.39 is 12.6 Å². The van der Waals surface area contributed by atoms with Crippen LogP contribution >= 0.6 is 0 Å². The van der Waals surface area contributed by atoms with Crippen LogP contribution < -0.4 is 11.5 Å². The van der Waals surface area contributed by atoms with E-state index in [1.54, 1.807) is 38.1 Å². The molecule has 8 heteroatoms. The average molecular weight is 427 g/mol. The predicted molar refractivity (Wildman–Crippen MR) is 124 cm³/mol. The number of carbonyl (C=O) groups is 1. The van der Waals surface area contributed by atoms with E-state index in [1.807, 2.05) is 24.7 Å². The molecule has 5 N–H and O–H groups in total. The first-order valence-corrected chi connectivity index (χ1v) is 9.86. The Morgan fingerprint density at radius 2 is 2.10 bits per heavy atom. The predicted octanol–water partition coefficient (Wildman–Crippen LogP) is 2.77. The van der Waals surface area contributed by atoms with Crippen molar-refractivity contribution in [2.45, 2.75) is 27.2 Å². The topological polar surface area (TPSA) is 114 Å². The van der Waals surface area contributed by atoms with Gasteiger partial charge in [0.25, 0.3) is 0 Å². The van der Waals surface area contributed by atoms with Crippen molar-refractivity contribution in [2.75, 3.05) is 20.3 Å². The first-order valence-electron chi connectivity index (χ1n) is 9.86. The largest absolute Gasteiger partial charge is 0.398 e. The second-order valence-corrected chi connectivity index (χ2v) is 6.82. The highest BCUT2D eigenvalue weighted by molar-refractivity contribution is 5.97. The number of rotatable bonds is 9. The molecule has 0 aliphatic carbocycles. The molecule has 1 aromatic rings. The molecular formula is C23H31FN6O. The molecule has 0 fully saturated rings. The third kappa shape index (κ3) is 7.00. The Morgan fingerprint density at radius 1 is 1.42 bits per heavy atom. The summed E-state index contributed by atoms with van der Waals surface area (Å²) in [5.74, 6) is 6.09. The summed E-state index contributed by atoms with van der Waals surface area (Å²) in [5, 5.41) is 7.82. The van der Waals surface area contributed by atoms with Gasteiger partial charge in [-0.15, -0.1) is 0 Å². The molecule has 1 amide bonds. The van der Waals surface area contributed by atoms with Gasteiger partial charge in [0.1, 0.15) is 12.5 Å². The Morgan fingerprint density at radius 3 is 2.61 bits per heavy atom. The van der Waals surface area contributed by atoms with Gasteiger partial charge in [-0.25, -0.2) is 9.37 Å². The Balaban J connectivity index is 3.54. The standard InChI is InChI=1S/C23H31FN6O/c1-6-8-9-18(14-29(4)11-10-24)21-15-30(5)23(28-21)16(3)19(13-25)20(26)12-17(7-2)22(27)31/h7,12-15,25H,6,10-11,26H2,1-5H3,(H2,27,31)/b17-7?,18-14+,19-16+,20-12+,25-13?. The fourth-order valence-electron chi connectivity index (χ4n) is 2.78. The molecule has 7 nitrogen and oxygen atoms in total. The van der Waals surface area contributed by atoms with Crippen LogP contribution in [0.15, 0.2) is 41.4 Å².